The Morgan fingerprint density at radius 1 is 0.265 bits per heavy atom. The van der Waals surface area contributed by atoms with E-state index in [4.69, 9.17) is 28.9 Å². The van der Waals surface area contributed by atoms with Crippen molar-refractivity contribution in [2.75, 3.05) is 74.2 Å². The van der Waals surface area contributed by atoms with Gasteiger partial charge in [-0.3, -0.25) is 0 Å². The van der Waals surface area contributed by atoms with Gasteiger partial charge in [-0.05, 0) is 182 Å². The number of unbranched alkanes of at least 4 members (excludes halogenated alkanes) is 12. The van der Waals surface area contributed by atoms with Gasteiger partial charge in [0.15, 0.2) is 0 Å². The molecule has 10 heteroatoms. The van der Waals surface area contributed by atoms with Crippen LogP contribution in [0, 0.1) is 0 Å². The van der Waals surface area contributed by atoms with Crippen LogP contribution in [-0.2, 0) is 0 Å². The van der Waals surface area contributed by atoms with E-state index in [9.17, 15) is 0 Å². The molecule has 0 atom stereocenters. The lowest BCUT2D eigenvalue weighted by atomic mass is 10.00. The van der Waals surface area contributed by atoms with Crippen LogP contribution in [0.3, 0.4) is 0 Å². The van der Waals surface area contributed by atoms with Crippen LogP contribution in [-0.4, -0.2) is 64.6 Å². The van der Waals surface area contributed by atoms with E-state index in [-0.39, 0.29) is 0 Å². The molecule has 10 aromatic rings. The van der Waals surface area contributed by atoms with Crippen LogP contribution in [0.15, 0.2) is 206 Å². The molecule has 10 rings (SSSR count). The van der Waals surface area contributed by atoms with E-state index >= 15 is 0 Å². The van der Waals surface area contributed by atoms with Gasteiger partial charge in [0.25, 0.3) is 0 Å². The number of rotatable bonds is 38. The Hall–Kier alpha value is -9.80. The van der Waals surface area contributed by atoms with Crippen LogP contribution in [0.1, 0.15) is 153 Å². The molecule has 0 N–H and O–H groups in total. The minimum absolute atomic E-state index is 0.718. The van der Waals surface area contributed by atoms with Crippen molar-refractivity contribution in [2.24, 2.45) is 0 Å². The van der Waals surface area contributed by atoms with Crippen LogP contribution in [0.2, 0.25) is 0 Å². The average molecular weight is 1310 g/mol. The summed E-state index contributed by atoms with van der Waals surface area (Å²) in [5, 5.41) is 0. The van der Waals surface area contributed by atoms with Gasteiger partial charge in [0.2, 0.25) is 0 Å². The van der Waals surface area contributed by atoms with Crippen molar-refractivity contribution in [3.8, 4) is 45.5 Å². The molecular weight excluding hydrogens is 1210 g/mol. The quantitative estimate of drug-likeness (QED) is 0.0276. The summed E-state index contributed by atoms with van der Waals surface area (Å²) < 4.78 is 24.8. The van der Waals surface area contributed by atoms with Crippen molar-refractivity contribution < 1.29 is 18.9 Å². The maximum Gasteiger partial charge on any atom is 0.119 e. The first-order chi connectivity index (χ1) is 48.1. The van der Waals surface area contributed by atoms with E-state index in [0.717, 1.165) is 176 Å². The number of hydrogen-bond acceptors (Lipinski definition) is 10. The zero-order valence-corrected chi connectivity index (χ0v) is 59.4. The molecule has 0 aliphatic rings. The summed E-state index contributed by atoms with van der Waals surface area (Å²) in [5.41, 5.74) is 17.7. The Morgan fingerprint density at radius 2 is 0.510 bits per heavy atom. The number of nitrogens with zero attached hydrogens (tertiary/aromatic N) is 6. The van der Waals surface area contributed by atoms with Crippen molar-refractivity contribution in [1.82, 2.24) is 9.97 Å². The van der Waals surface area contributed by atoms with Gasteiger partial charge < -0.3 is 38.5 Å². The van der Waals surface area contributed by atoms with Gasteiger partial charge in [0, 0.05) is 95.9 Å². The second kappa shape index (κ2) is 37.1. The third-order valence-electron chi connectivity index (χ3n) is 17.9. The Labute approximate surface area is 585 Å². The molecule has 0 amide bonds. The first kappa shape index (κ1) is 71.0. The zero-order chi connectivity index (χ0) is 68.3. The number of benzene rings is 9. The van der Waals surface area contributed by atoms with Gasteiger partial charge in [-0.15, -0.1) is 0 Å². The third kappa shape index (κ3) is 19.9. The fourth-order valence-corrected chi connectivity index (χ4v) is 12.1. The van der Waals surface area contributed by atoms with E-state index < -0.39 is 0 Å². The predicted octanol–water partition coefficient (Wildman–Crippen LogP) is 24.2. The standard InChI is InChI=1S/C88H102N6O4/c1-9-13-17-21-63-95-81-55-47-77(48-56-81)93(78-49-57-82(58-50-78)96-64-22-18-14-10-2)75-39-27-67(28-40-75)25-31-69-33-34-70(86-85(69)89-87(71-35-43-73(44-36-71)91(5)6)88(90-86)72-37-45-74(46-38-72)92(7)8)32-26-68-29-41-76(42-30-68)94(79-51-59-83(60-52-79)97-65-23-19-15-11-3)80-53-61-84(62-54-80)98-66-24-20-16-12-4/h25-62H,9-24,63-66H2,1-8H3/b31-25+,32-26+. The third-order valence-corrected chi connectivity index (χ3v) is 17.9. The number of anilines is 8. The van der Waals surface area contributed by atoms with Gasteiger partial charge in [0.1, 0.15) is 23.0 Å². The van der Waals surface area contributed by atoms with Gasteiger partial charge in [-0.25, -0.2) is 9.97 Å². The smallest absolute Gasteiger partial charge is 0.119 e. The molecule has 98 heavy (non-hydrogen) atoms. The predicted molar refractivity (Wildman–Crippen MR) is 418 cm³/mol. The minimum atomic E-state index is 0.718. The normalized spacial score (nSPS) is 11.4. The topological polar surface area (TPSA) is 75.7 Å². The zero-order valence-electron chi connectivity index (χ0n) is 59.4. The Bertz CT molecular complexity index is 3670. The molecule has 0 bridgehead atoms. The van der Waals surface area contributed by atoms with Crippen LogP contribution in [0.4, 0.5) is 45.5 Å². The molecule has 0 aliphatic heterocycles. The average Bonchev–Trinajstić information content (AvgIpc) is 0.764. The summed E-state index contributed by atoms with van der Waals surface area (Å²) in [6.45, 7) is 11.8. The van der Waals surface area contributed by atoms with Crippen molar-refractivity contribution in [2.45, 2.75) is 130 Å². The maximum absolute atomic E-state index is 6.20. The van der Waals surface area contributed by atoms with E-state index in [1.807, 2.05) is 0 Å². The highest BCUT2D eigenvalue weighted by Crippen LogP contribution is 2.40. The summed E-state index contributed by atoms with van der Waals surface area (Å²) >= 11 is 0. The highest BCUT2D eigenvalue weighted by molar-refractivity contribution is 5.98. The summed E-state index contributed by atoms with van der Waals surface area (Å²) in [6, 6.07) is 73.0. The maximum atomic E-state index is 6.20. The first-order valence-corrected chi connectivity index (χ1v) is 36.1. The Morgan fingerprint density at radius 3 is 0.755 bits per heavy atom. The van der Waals surface area contributed by atoms with Crippen LogP contribution in [0.5, 0.6) is 23.0 Å². The van der Waals surface area contributed by atoms with E-state index in [1.54, 1.807) is 0 Å². The monoisotopic (exact) mass is 1310 g/mol. The first-order valence-electron chi connectivity index (χ1n) is 36.1. The molecule has 10 nitrogen and oxygen atoms in total. The van der Waals surface area contributed by atoms with Crippen LogP contribution < -0.4 is 38.5 Å². The van der Waals surface area contributed by atoms with Gasteiger partial charge in [-0.1, -0.05) is 190 Å². The molecule has 1 heterocycles. The molecular formula is C88H102N6O4. The minimum Gasteiger partial charge on any atom is -0.494 e. The largest absolute Gasteiger partial charge is 0.494 e. The fraction of sp³-hybridized carbons (Fsp3) is 0.318. The van der Waals surface area contributed by atoms with Crippen LogP contribution in [0.25, 0.3) is 57.9 Å². The molecule has 0 saturated carbocycles. The molecule has 0 radical (unpaired) electrons. The highest BCUT2D eigenvalue weighted by Gasteiger charge is 2.20. The van der Waals surface area contributed by atoms with Crippen molar-refractivity contribution in [3.63, 3.8) is 0 Å². The molecule has 0 spiro atoms. The lowest BCUT2D eigenvalue weighted by Crippen LogP contribution is -2.10. The molecule has 508 valence electrons. The van der Waals surface area contributed by atoms with Crippen molar-refractivity contribution in [3.05, 3.63) is 229 Å². The second-order valence-electron chi connectivity index (χ2n) is 25.9. The van der Waals surface area contributed by atoms with Gasteiger partial charge >= 0.3 is 0 Å². The van der Waals surface area contributed by atoms with Gasteiger partial charge in [-0.2, -0.15) is 0 Å². The number of ether oxygens (including phenoxy) is 4. The molecule has 0 fully saturated rings. The molecule has 9 aromatic carbocycles. The fourth-order valence-electron chi connectivity index (χ4n) is 12.1. The van der Waals surface area contributed by atoms with Crippen molar-refractivity contribution >= 4 is 80.8 Å². The number of fused-ring (bicyclic) bond motifs is 1. The van der Waals surface area contributed by atoms with Crippen molar-refractivity contribution in [1.29, 1.82) is 0 Å². The Kier molecular flexibility index (Phi) is 26.9. The lowest BCUT2D eigenvalue weighted by Gasteiger charge is -2.26. The molecule has 0 unspecified atom stereocenters. The van der Waals surface area contributed by atoms with E-state index in [0.29, 0.717) is 0 Å². The number of aromatic nitrogens is 2. The molecule has 0 aliphatic carbocycles. The van der Waals surface area contributed by atoms with E-state index in [1.165, 1.54) is 77.0 Å². The summed E-state index contributed by atoms with van der Waals surface area (Å²) in [4.78, 5) is 20.2. The Balaban J connectivity index is 0.988. The molecule has 0 saturated heterocycles. The second-order valence-corrected chi connectivity index (χ2v) is 25.9. The van der Waals surface area contributed by atoms with E-state index in [2.05, 4.69) is 306 Å². The SMILES string of the molecule is CCCCCCOc1ccc(N(c2ccc(/C=C/c3ccc(/C=C/c4ccc(N(c5ccc(OCCCCCC)cc5)c5ccc(OCCCCCC)cc5)cc4)c4nc(-c5ccc(N(C)C)cc5)c(-c5ccc(N(C)C)cc5)nc34)cc2)c2ccc(OCCCCCC)cc2)cc1. The summed E-state index contributed by atoms with van der Waals surface area (Å²) in [6.07, 6.45) is 27.4. The molecule has 1 aromatic heterocycles. The summed E-state index contributed by atoms with van der Waals surface area (Å²) in [5.74, 6) is 3.52. The van der Waals surface area contributed by atoms with Crippen LogP contribution >= 0.6 is 0 Å². The highest BCUT2D eigenvalue weighted by atomic mass is 16.5. The number of hydrogen-bond donors (Lipinski definition) is 0. The lowest BCUT2D eigenvalue weighted by molar-refractivity contribution is 0.305. The van der Waals surface area contributed by atoms with Gasteiger partial charge in [0.05, 0.1) is 48.8 Å². The summed E-state index contributed by atoms with van der Waals surface area (Å²) in [7, 11) is 8.27.